The predicted octanol–water partition coefficient (Wildman–Crippen LogP) is 4.45. The summed E-state index contributed by atoms with van der Waals surface area (Å²) in [5.41, 5.74) is 3.75. The summed E-state index contributed by atoms with van der Waals surface area (Å²) in [5.74, 6) is -1.30. The molecule has 3 N–H and O–H groups in total. The molecule has 0 saturated heterocycles. The third-order valence-corrected chi connectivity index (χ3v) is 9.12. The average Bonchev–Trinajstić information content (AvgIpc) is 2.99. The number of para-hydroxylation sites is 1. The number of hydrogen-bond donors (Lipinski definition) is 3. The van der Waals surface area contributed by atoms with Crippen molar-refractivity contribution in [2.24, 2.45) is 0 Å². The SMILES string of the molecule is CN1c2ccccc2C(C)(C)C1C=CC1=C2Oc3c(cc(S(=O)(=O)O)c(O)c3S(=O)(=O)O)C=C2CCC1. The predicted molar refractivity (Wildman–Crippen MR) is 138 cm³/mol. The van der Waals surface area contributed by atoms with Gasteiger partial charge in [0.05, 0.1) is 6.04 Å². The monoisotopic (exact) mass is 545 g/mol. The third kappa shape index (κ3) is 4.15. The van der Waals surface area contributed by atoms with Crippen LogP contribution in [0.25, 0.3) is 6.08 Å². The molecule has 1 unspecified atom stereocenters. The molecule has 37 heavy (non-hydrogen) atoms. The van der Waals surface area contributed by atoms with E-state index in [1.54, 1.807) is 6.08 Å². The zero-order valence-corrected chi connectivity index (χ0v) is 22.1. The van der Waals surface area contributed by atoms with Gasteiger partial charge in [-0.2, -0.15) is 16.8 Å². The summed E-state index contributed by atoms with van der Waals surface area (Å²) in [6, 6.07) is 9.19. The Morgan fingerprint density at radius 1 is 1.08 bits per heavy atom. The van der Waals surface area contributed by atoms with Gasteiger partial charge in [0.15, 0.2) is 16.4 Å². The van der Waals surface area contributed by atoms with E-state index >= 15 is 0 Å². The number of aromatic hydroxyl groups is 1. The minimum Gasteiger partial charge on any atom is -0.505 e. The van der Waals surface area contributed by atoms with Crippen molar-refractivity contribution in [3.63, 3.8) is 0 Å². The molecule has 0 spiro atoms. The Labute approximate surface area is 215 Å². The number of phenols is 1. The van der Waals surface area contributed by atoms with Crippen molar-refractivity contribution in [3.05, 3.63) is 70.5 Å². The molecule has 0 fully saturated rings. The number of phenolic OH excluding ortho intramolecular Hbond substituents is 1. The van der Waals surface area contributed by atoms with Crippen LogP contribution in [0.2, 0.25) is 0 Å². The van der Waals surface area contributed by atoms with Crippen molar-refractivity contribution in [1.82, 2.24) is 0 Å². The number of likely N-dealkylation sites (N-methyl/N-ethyl adjacent to an activating group) is 1. The summed E-state index contributed by atoms with van der Waals surface area (Å²) < 4.78 is 73.1. The fourth-order valence-electron chi connectivity index (χ4n) is 5.59. The summed E-state index contributed by atoms with van der Waals surface area (Å²) in [7, 11) is -8.07. The van der Waals surface area contributed by atoms with Crippen molar-refractivity contribution >= 4 is 32.0 Å². The second kappa shape index (κ2) is 8.45. The lowest BCUT2D eigenvalue weighted by Gasteiger charge is -2.31. The summed E-state index contributed by atoms with van der Waals surface area (Å²) in [4.78, 5) is 0.0640. The van der Waals surface area contributed by atoms with Gasteiger partial charge in [-0.25, -0.2) is 0 Å². The highest BCUT2D eigenvalue weighted by Crippen LogP contribution is 2.48. The van der Waals surface area contributed by atoms with Crippen LogP contribution >= 0.6 is 0 Å². The van der Waals surface area contributed by atoms with Crippen LogP contribution in [0.3, 0.4) is 0 Å². The zero-order chi connectivity index (χ0) is 26.9. The summed E-state index contributed by atoms with van der Waals surface area (Å²) in [5, 5.41) is 10.4. The highest BCUT2D eigenvalue weighted by molar-refractivity contribution is 7.87. The Kier molecular flexibility index (Phi) is 5.83. The molecule has 0 aromatic heterocycles. The fraction of sp³-hybridized carbons (Fsp3) is 0.308. The molecule has 1 atom stereocenters. The van der Waals surface area contributed by atoms with Crippen molar-refractivity contribution in [2.45, 2.75) is 54.4 Å². The van der Waals surface area contributed by atoms with E-state index in [9.17, 15) is 31.0 Å². The van der Waals surface area contributed by atoms with Gasteiger partial charge >= 0.3 is 10.1 Å². The molecule has 2 aromatic carbocycles. The maximum atomic E-state index is 12.1. The van der Waals surface area contributed by atoms with Crippen LogP contribution in [-0.4, -0.2) is 44.1 Å². The van der Waals surface area contributed by atoms with E-state index in [2.05, 4.69) is 37.0 Å². The van der Waals surface area contributed by atoms with Crippen LogP contribution in [0, 0.1) is 0 Å². The number of benzene rings is 2. The first kappa shape index (κ1) is 25.5. The minimum absolute atomic E-state index is 0.00846. The smallest absolute Gasteiger partial charge is 0.302 e. The van der Waals surface area contributed by atoms with Gasteiger partial charge in [-0.1, -0.05) is 44.2 Å². The lowest BCUT2D eigenvalue weighted by molar-refractivity contribution is 0.374. The molecule has 2 heterocycles. The summed E-state index contributed by atoms with van der Waals surface area (Å²) in [6.45, 7) is 4.35. The molecular formula is C26H27NO8S2. The van der Waals surface area contributed by atoms with E-state index in [0.29, 0.717) is 24.2 Å². The van der Waals surface area contributed by atoms with Crippen LogP contribution in [0.15, 0.2) is 69.2 Å². The minimum atomic E-state index is -5.12. The molecule has 196 valence electrons. The van der Waals surface area contributed by atoms with Gasteiger partial charge in [0.25, 0.3) is 10.1 Å². The van der Waals surface area contributed by atoms with Crippen LogP contribution in [0.5, 0.6) is 11.5 Å². The fourth-order valence-corrected chi connectivity index (χ4v) is 7.03. The van der Waals surface area contributed by atoms with Crippen LogP contribution < -0.4 is 9.64 Å². The van der Waals surface area contributed by atoms with Gasteiger partial charge in [0, 0.05) is 23.7 Å². The van der Waals surface area contributed by atoms with E-state index < -0.39 is 41.5 Å². The lowest BCUT2D eigenvalue weighted by atomic mass is 9.80. The largest absolute Gasteiger partial charge is 0.505 e. The number of allylic oxidation sites excluding steroid dienone is 3. The molecule has 5 rings (SSSR count). The summed E-state index contributed by atoms with van der Waals surface area (Å²) in [6.07, 6.45) is 7.64. The van der Waals surface area contributed by atoms with Crippen molar-refractivity contribution in [1.29, 1.82) is 0 Å². The Hall–Kier alpha value is -3.12. The highest BCUT2D eigenvalue weighted by Gasteiger charge is 2.41. The molecular weight excluding hydrogens is 518 g/mol. The van der Waals surface area contributed by atoms with Crippen molar-refractivity contribution in [3.8, 4) is 11.5 Å². The van der Waals surface area contributed by atoms with Gasteiger partial charge in [-0.3, -0.25) is 9.11 Å². The molecule has 2 aromatic rings. The van der Waals surface area contributed by atoms with Gasteiger partial charge in [-0.05, 0) is 54.2 Å². The zero-order valence-electron chi connectivity index (χ0n) is 20.5. The van der Waals surface area contributed by atoms with E-state index in [1.807, 2.05) is 25.3 Å². The number of rotatable bonds is 4. The Balaban J connectivity index is 1.61. The van der Waals surface area contributed by atoms with Crippen LogP contribution in [-0.2, 0) is 25.7 Å². The number of hydrogen-bond acceptors (Lipinski definition) is 7. The van der Waals surface area contributed by atoms with Crippen molar-refractivity contribution in [2.75, 3.05) is 11.9 Å². The van der Waals surface area contributed by atoms with Gasteiger partial charge in [0.2, 0.25) is 0 Å². The first-order valence-electron chi connectivity index (χ1n) is 11.7. The number of ether oxygens (including phenoxy) is 1. The first-order chi connectivity index (χ1) is 17.2. The normalized spacial score (nSPS) is 20.8. The number of fused-ring (bicyclic) bond motifs is 3. The molecule has 9 nitrogen and oxygen atoms in total. The van der Waals surface area contributed by atoms with Gasteiger partial charge < -0.3 is 14.7 Å². The molecule has 0 bridgehead atoms. The van der Waals surface area contributed by atoms with E-state index in [-0.39, 0.29) is 17.0 Å². The molecule has 11 heteroatoms. The molecule has 0 saturated carbocycles. The maximum Gasteiger partial charge on any atom is 0.302 e. The third-order valence-electron chi connectivity index (χ3n) is 7.36. The quantitative estimate of drug-likeness (QED) is 0.475. The molecule has 3 aliphatic rings. The van der Waals surface area contributed by atoms with Gasteiger partial charge in [-0.15, -0.1) is 0 Å². The van der Waals surface area contributed by atoms with E-state index in [4.69, 9.17) is 4.74 Å². The van der Waals surface area contributed by atoms with E-state index in [0.717, 1.165) is 23.7 Å². The van der Waals surface area contributed by atoms with Gasteiger partial charge in [0.1, 0.15) is 10.7 Å². The Morgan fingerprint density at radius 3 is 2.43 bits per heavy atom. The number of nitrogens with zero attached hydrogens (tertiary/aromatic N) is 1. The highest BCUT2D eigenvalue weighted by atomic mass is 32.2. The van der Waals surface area contributed by atoms with Crippen LogP contribution in [0.1, 0.15) is 44.2 Å². The topological polar surface area (TPSA) is 141 Å². The first-order valence-corrected chi connectivity index (χ1v) is 14.6. The maximum absolute atomic E-state index is 12.1. The van der Waals surface area contributed by atoms with Crippen molar-refractivity contribution < 1.29 is 35.8 Å². The molecule has 2 aliphatic heterocycles. The second-order valence-corrected chi connectivity index (χ2v) is 12.8. The van der Waals surface area contributed by atoms with Crippen LogP contribution in [0.4, 0.5) is 5.69 Å². The van der Waals surface area contributed by atoms with E-state index in [1.165, 1.54) is 5.56 Å². The lowest BCUT2D eigenvalue weighted by Crippen LogP contribution is -2.37. The Bertz CT molecular complexity index is 1630. The number of anilines is 1. The second-order valence-electron chi connectivity index (χ2n) is 10.1. The molecule has 0 amide bonds. The standard InChI is InChI=1S/C26H27NO8S2/c1-26(2)18-9-4-5-10-19(18)27(3)21(26)12-11-15-7-6-8-16-13-17-14-20(36(29,30)31)22(28)25(37(32,33)34)24(17)35-23(15)16/h4-5,9-14,21,28H,6-8H2,1-3H3,(H,29,30,31)(H,32,33,34). The molecule has 1 aliphatic carbocycles. The molecule has 0 radical (unpaired) electrons. The average molecular weight is 546 g/mol. The summed E-state index contributed by atoms with van der Waals surface area (Å²) >= 11 is 0. The Morgan fingerprint density at radius 2 is 1.78 bits per heavy atom.